The van der Waals surface area contributed by atoms with Crippen molar-refractivity contribution in [3.05, 3.63) is 95.3 Å². The molecule has 0 atom stereocenters. The van der Waals surface area contributed by atoms with Gasteiger partial charge in [-0.1, -0.05) is 48.5 Å². The maximum absolute atomic E-state index is 13.1. The minimum absolute atomic E-state index is 0.208. The van der Waals surface area contributed by atoms with Crippen LogP contribution in [0.25, 0.3) is 11.1 Å². The zero-order valence-electron chi connectivity index (χ0n) is 14.4. The number of primary amides is 1. The smallest absolute Gasteiger partial charge is 0.248 e. The van der Waals surface area contributed by atoms with E-state index in [1.54, 1.807) is 24.3 Å². The molecule has 0 heterocycles. The molecule has 0 unspecified atom stereocenters. The van der Waals surface area contributed by atoms with Crippen LogP contribution in [0.2, 0.25) is 0 Å². The molecule has 1 amide bonds. The van der Waals surface area contributed by atoms with Gasteiger partial charge in [-0.3, -0.25) is 4.79 Å². The number of rotatable bonds is 7. The van der Waals surface area contributed by atoms with Crippen LogP contribution >= 0.6 is 0 Å². The Morgan fingerprint density at radius 2 is 1.65 bits per heavy atom. The summed E-state index contributed by atoms with van der Waals surface area (Å²) >= 11 is 0. The van der Waals surface area contributed by atoms with Gasteiger partial charge in [0.1, 0.15) is 5.82 Å². The second-order valence-electron chi connectivity index (χ2n) is 6.20. The molecule has 3 nitrogen and oxygen atoms in total. The van der Waals surface area contributed by atoms with Crippen molar-refractivity contribution in [3.63, 3.8) is 0 Å². The van der Waals surface area contributed by atoms with Crippen LogP contribution in [0.15, 0.2) is 72.8 Å². The highest BCUT2D eigenvalue weighted by molar-refractivity contribution is 5.94. The topological polar surface area (TPSA) is 55.1 Å². The third-order valence-corrected chi connectivity index (χ3v) is 4.24. The van der Waals surface area contributed by atoms with Gasteiger partial charge in [0.05, 0.1) is 0 Å². The molecule has 3 rings (SSSR count). The van der Waals surface area contributed by atoms with Crippen molar-refractivity contribution in [3.8, 4) is 11.1 Å². The van der Waals surface area contributed by atoms with Crippen LogP contribution in [0.5, 0.6) is 0 Å². The Labute approximate surface area is 152 Å². The number of nitrogens with one attached hydrogen (secondary N) is 1. The SMILES string of the molecule is NC(=O)c1cccc(-c2ccc(CCNCc3cccc(F)c3)cc2)c1. The van der Waals surface area contributed by atoms with Crippen molar-refractivity contribution in [1.82, 2.24) is 5.32 Å². The first-order chi connectivity index (χ1) is 12.6. The molecule has 0 aliphatic rings. The predicted octanol–water partition coefficient (Wildman–Crippen LogP) is 3.92. The zero-order valence-corrected chi connectivity index (χ0v) is 14.4. The second-order valence-corrected chi connectivity index (χ2v) is 6.20. The summed E-state index contributed by atoms with van der Waals surface area (Å²) in [7, 11) is 0. The third-order valence-electron chi connectivity index (χ3n) is 4.24. The van der Waals surface area contributed by atoms with Crippen LogP contribution < -0.4 is 11.1 Å². The number of nitrogens with two attached hydrogens (primary N) is 1. The largest absolute Gasteiger partial charge is 0.366 e. The number of benzene rings is 3. The quantitative estimate of drug-likeness (QED) is 0.636. The van der Waals surface area contributed by atoms with Crippen molar-refractivity contribution in [2.45, 2.75) is 13.0 Å². The van der Waals surface area contributed by atoms with Crippen molar-refractivity contribution in [2.24, 2.45) is 5.73 Å². The van der Waals surface area contributed by atoms with E-state index in [0.29, 0.717) is 12.1 Å². The molecule has 0 saturated carbocycles. The Balaban J connectivity index is 1.54. The summed E-state index contributed by atoms with van der Waals surface area (Å²) in [5, 5.41) is 3.33. The van der Waals surface area contributed by atoms with Crippen molar-refractivity contribution < 1.29 is 9.18 Å². The highest BCUT2D eigenvalue weighted by Crippen LogP contribution is 2.21. The van der Waals surface area contributed by atoms with E-state index in [1.807, 2.05) is 30.3 Å². The fourth-order valence-electron chi connectivity index (χ4n) is 2.83. The molecule has 0 aliphatic carbocycles. The van der Waals surface area contributed by atoms with Crippen LogP contribution in [0.3, 0.4) is 0 Å². The minimum atomic E-state index is -0.423. The van der Waals surface area contributed by atoms with Crippen molar-refractivity contribution >= 4 is 5.91 Å². The lowest BCUT2D eigenvalue weighted by Gasteiger charge is -2.07. The summed E-state index contributed by atoms with van der Waals surface area (Å²) in [6.45, 7) is 1.46. The molecule has 0 bridgehead atoms. The standard InChI is InChI=1S/C22H21FN2O/c23-21-6-1-3-17(13-21)15-25-12-11-16-7-9-18(10-8-16)19-4-2-5-20(14-19)22(24)26/h1-10,13-14,25H,11-12,15H2,(H2,24,26). The minimum Gasteiger partial charge on any atom is -0.366 e. The zero-order chi connectivity index (χ0) is 18.4. The van der Waals surface area contributed by atoms with E-state index in [2.05, 4.69) is 17.4 Å². The first-order valence-corrected chi connectivity index (χ1v) is 8.56. The molecule has 3 N–H and O–H groups in total. The monoisotopic (exact) mass is 348 g/mol. The first kappa shape index (κ1) is 17.8. The molecule has 132 valence electrons. The molecule has 4 heteroatoms. The van der Waals surface area contributed by atoms with E-state index in [0.717, 1.165) is 29.7 Å². The average Bonchev–Trinajstić information content (AvgIpc) is 2.66. The van der Waals surface area contributed by atoms with Crippen LogP contribution in [-0.2, 0) is 13.0 Å². The fraction of sp³-hybridized carbons (Fsp3) is 0.136. The highest BCUT2D eigenvalue weighted by atomic mass is 19.1. The Bertz CT molecular complexity index is 891. The van der Waals surface area contributed by atoms with Crippen molar-refractivity contribution in [1.29, 1.82) is 0 Å². The van der Waals surface area contributed by atoms with Gasteiger partial charge in [0, 0.05) is 12.1 Å². The van der Waals surface area contributed by atoms with Gasteiger partial charge >= 0.3 is 0 Å². The normalized spacial score (nSPS) is 10.7. The van der Waals surface area contributed by atoms with Gasteiger partial charge < -0.3 is 11.1 Å². The summed E-state index contributed by atoms with van der Waals surface area (Å²) in [6.07, 6.45) is 0.886. The first-order valence-electron chi connectivity index (χ1n) is 8.56. The Morgan fingerprint density at radius 3 is 2.38 bits per heavy atom. The van der Waals surface area contributed by atoms with Crippen LogP contribution in [0.4, 0.5) is 4.39 Å². The van der Waals surface area contributed by atoms with Gasteiger partial charge in [0.2, 0.25) is 5.91 Å². The number of carbonyl (C=O) groups excluding carboxylic acids is 1. The lowest BCUT2D eigenvalue weighted by Crippen LogP contribution is -2.16. The van der Waals surface area contributed by atoms with E-state index in [-0.39, 0.29) is 5.82 Å². The summed E-state index contributed by atoms with van der Waals surface area (Å²) in [4.78, 5) is 11.3. The van der Waals surface area contributed by atoms with E-state index >= 15 is 0 Å². The average molecular weight is 348 g/mol. The summed E-state index contributed by atoms with van der Waals surface area (Å²) in [5.74, 6) is -0.631. The predicted molar refractivity (Wildman–Crippen MR) is 102 cm³/mol. The third kappa shape index (κ3) is 4.77. The highest BCUT2D eigenvalue weighted by Gasteiger charge is 2.03. The maximum Gasteiger partial charge on any atom is 0.248 e. The fourth-order valence-corrected chi connectivity index (χ4v) is 2.83. The molecule has 0 saturated heterocycles. The lowest BCUT2D eigenvalue weighted by molar-refractivity contribution is 0.100. The molecule has 0 radical (unpaired) electrons. The summed E-state index contributed by atoms with van der Waals surface area (Å²) in [5.41, 5.74) is 10.0. The van der Waals surface area contributed by atoms with E-state index in [1.165, 1.54) is 11.6 Å². The van der Waals surface area contributed by atoms with Gasteiger partial charge in [0.25, 0.3) is 0 Å². The molecule has 26 heavy (non-hydrogen) atoms. The van der Waals surface area contributed by atoms with Gasteiger partial charge in [-0.2, -0.15) is 0 Å². The second kappa shape index (κ2) is 8.41. The Kier molecular flexibility index (Phi) is 5.77. The Hall–Kier alpha value is -2.98. The number of amides is 1. The van der Waals surface area contributed by atoms with E-state index in [9.17, 15) is 9.18 Å². The molecular formula is C22H21FN2O. The van der Waals surface area contributed by atoms with Crippen LogP contribution in [-0.4, -0.2) is 12.5 Å². The van der Waals surface area contributed by atoms with Crippen molar-refractivity contribution in [2.75, 3.05) is 6.54 Å². The summed E-state index contributed by atoms with van der Waals surface area (Å²) in [6, 6.07) is 22.2. The summed E-state index contributed by atoms with van der Waals surface area (Å²) < 4.78 is 13.1. The van der Waals surface area contributed by atoms with E-state index < -0.39 is 5.91 Å². The van der Waals surface area contributed by atoms with Gasteiger partial charge in [-0.15, -0.1) is 0 Å². The molecule has 0 aliphatic heterocycles. The van der Waals surface area contributed by atoms with Gasteiger partial charge in [0.15, 0.2) is 0 Å². The maximum atomic E-state index is 13.1. The number of hydrogen-bond donors (Lipinski definition) is 2. The molecule has 0 spiro atoms. The molecular weight excluding hydrogens is 327 g/mol. The van der Waals surface area contributed by atoms with E-state index in [4.69, 9.17) is 5.73 Å². The van der Waals surface area contributed by atoms with Crippen LogP contribution in [0, 0.1) is 5.82 Å². The van der Waals surface area contributed by atoms with Crippen LogP contribution in [0.1, 0.15) is 21.5 Å². The molecule has 3 aromatic carbocycles. The number of halogens is 1. The Morgan fingerprint density at radius 1 is 0.885 bits per heavy atom. The molecule has 3 aromatic rings. The lowest BCUT2D eigenvalue weighted by atomic mass is 10.0. The number of hydrogen-bond acceptors (Lipinski definition) is 2. The molecule has 0 fully saturated rings. The van der Waals surface area contributed by atoms with Gasteiger partial charge in [-0.25, -0.2) is 4.39 Å². The molecule has 0 aromatic heterocycles. The number of carbonyl (C=O) groups is 1. The van der Waals surface area contributed by atoms with Gasteiger partial charge in [-0.05, 0) is 59.5 Å².